The molecule has 1 atom stereocenters. The zero-order valence-electron chi connectivity index (χ0n) is 8.08. The topological polar surface area (TPSA) is 29.9 Å². The molecule has 0 saturated carbocycles. The molecule has 4 heteroatoms. The summed E-state index contributed by atoms with van der Waals surface area (Å²) >= 11 is 1.70. The lowest BCUT2D eigenvalue weighted by molar-refractivity contribution is 0.585. The predicted octanol–water partition coefficient (Wildman–Crippen LogP) is 1.57. The molecule has 0 spiro atoms. The van der Waals surface area contributed by atoms with Crippen LogP contribution in [0.4, 0.5) is 0 Å². The van der Waals surface area contributed by atoms with Gasteiger partial charge in [-0.15, -0.1) is 0 Å². The van der Waals surface area contributed by atoms with E-state index in [1.54, 1.807) is 11.8 Å². The van der Waals surface area contributed by atoms with Gasteiger partial charge in [-0.3, -0.25) is 0 Å². The minimum Gasteiger partial charge on any atom is -0.325 e. The highest BCUT2D eigenvalue weighted by Gasteiger charge is 2.20. The van der Waals surface area contributed by atoms with Gasteiger partial charge in [0.2, 0.25) is 0 Å². The van der Waals surface area contributed by atoms with Crippen molar-refractivity contribution >= 4 is 11.8 Å². The van der Waals surface area contributed by atoms with Gasteiger partial charge in [0.05, 0.1) is 11.9 Å². The molecule has 72 valence electrons. The van der Waals surface area contributed by atoms with Gasteiger partial charge in [-0.25, -0.2) is 4.98 Å². The Labute approximate surface area is 82.9 Å². The monoisotopic (exact) mass is 197 g/mol. The van der Waals surface area contributed by atoms with Crippen molar-refractivity contribution in [3.8, 4) is 0 Å². The molecule has 0 aliphatic carbocycles. The number of thioether (sulfide) groups is 1. The molecule has 0 bridgehead atoms. The molecule has 0 amide bonds. The van der Waals surface area contributed by atoms with Crippen LogP contribution in [0, 0.1) is 0 Å². The standard InChI is InChI=1S/C9H15N3S/c1-12-8(6-11-9(12)13-2)7-4-3-5-10-7/h6-7,10H,3-5H2,1-2H3. The van der Waals surface area contributed by atoms with Crippen molar-refractivity contribution in [3.63, 3.8) is 0 Å². The number of hydrogen-bond donors (Lipinski definition) is 1. The quantitative estimate of drug-likeness (QED) is 0.730. The van der Waals surface area contributed by atoms with Crippen LogP contribution in [-0.4, -0.2) is 22.4 Å². The molecule has 1 N–H and O–H groups in total. The second-order valence-electron chi connectivity index (χ2n) is 3.38. The Bertz CT molecular complexity index is 289. The van der Waals surface area contributed by atoms with Crippen LogP contribution in [0.2, 0.25) is 0 Å². The summed E-state index contributed by atoms with van der Waals surface area (Å²) < 4.78 is 2.19. The Morgan fingerprint density at radius 2 is 2.54 bits per heavy atom. The molecular weight excluding hydrogens is 182 g/mol. The van der Waals surface area contributed by atoms with E-state index in [2.05, 4.69) is 28.2 Å². The van der Waals surface area contributed by atoms with Crippen LogP contribution in [-0.2, 0) is 7.05 Å². The van der Waals surface area contributed by atoms with E-state index in [1.165, 1.54) is 18.5 Å². The first-order chi connectivity index (χ1) is 6.33. The van der Waals surface area contributed by atoms with E-state index in [0.717, 1.165) is 11.7 Å². The lowest BCUT2D eigenvalue weighted by atomic mass is 10.2. The minimum absolute atomic E-state index is 0.526. The summed E-state index contributed by atoms with van der Waals surface area (Å²) in [6, 6.07) is 0.526. The van der Waals surface area contributed by atoms with Gasteiger partial charge in [0.1, 0.15) is 0 Å². The highest BCUT2D eigenvalue weighted by atomic mass is 32.2. The predicted molar refractivity (Wildman–Crippen MR) is 55.0 cm³/mol. The number of aromatic nitrogens is 2. The zero-order valence-corrected chi connectivity index (χ0v) is 8.90. The summed E-state index contributed by atoms with van der Waals surface area (Å²) in [5, 5.41) is 4.58. The van der Waals surface area contributed by atoms with Crippen LogP contribution >= 0.6 is 11.8 Å². The molecule has 2 rings (SSSR count). The van der Waals surface area contributed by atoms with Gasteiger partial charge >= 0.3 is 0 Å². The highest BCUT2D eigenvalue weighted by Crippen LogP contribution is 2.25. The second kappa shape index (κ2) is 3.72. The van der Waals surface area contributed by atoms with Crippen LogP contribution < -0.4 is 5.32 Å². The third kappa shape index (κ3) is 1.60. The van der Waals surface area contributed by atoms with E-state index in [0.29, 0.717) is 6.04 Å². The third-order valence-electron chi connectivity index (χ3n) is 2.58. The maximum atomic E-state index is 4.36. The van der Waals surface area contributed by atoms with Crippen molar-refractivity contribution in [1.29, 1.82) is 0 Å². The van der Waals surface area contributed by atoms with E-state index in [4.69, 9.17) is 0 Å². The smallest absolute Gasteiger partial charge is 0.167 e. The SMILES string of the molecule is CSc1ncc(C2CCCN2)n1C. The van der Waals surface area contributed by atoms with Crippen LogP contribution in [0.1, 0.15) is 24.6 Å². The fourth-order valence-electron chi connectivity index (χ4n) is 1.86. The van der Waals surface area contributed by atoms with Crippen molar-refractivity contribution < 1.29 is 0 Å². The lowest BCUT2D eigenvalue weighted by Crippen LogP contribution is -2.15. The maximum Gasteiger partial charge on any atom is 0.167 e. The number of nitrogens with zero attached hydrogens (tertiary/aromatic N) is 2. The molecule has 0 aromatic carbocycles. The average molecular weight is 197 g/mol. The summed E-state index contributed by atoms with van der Waals surface area (Å²) in [6.45, 7) is 1.14. The fourth-order valence-corrected chi connectivity index (χ4v) is 2.39. The number of imidazole rings is 1. The van der Waals surface area contributed by atoms with Gasteiger partial charge in [0, 0.05) is 13.1 Å². The summed E-state index contributed by atoms with van der Waals surface area (Å²) in [5.41, 5.74) is 1.32. The molecule has 1 unspecified atom stereocenters. The number of rotatable bonds is 2. The van der Waals surface area contributed by atoms with Gasteiger partial charge in [-0.05, 0) is 25.6 Å². The largest absolute Gasteiger partial charge is 0.325 e. The van der Waals surface area contributed by atoms with Gasteiger partial charge in [0.15, 0.2) is 5.16 Å². The van der Waals surface area contributed by atoms with E-state index in [1.807, 2.05) is 6.20 Å². The molecule has 2 heterocycles. The molecule has 13 heavy (non-hydrogen) atoms. The molecule has 1 aliphatic heterocycles. The van der Waals surface area contributed by atoms with Crippen molar-refractivity contribution in [2.75, 3.05) is 12.8 Å². The lowest BCUT2D eigenvalue weighted by Gasteiger charge is -2.11. The minimum atomic E-state index is 0.526. The second-order valence-corrected chi connectivity index (χ2v) is 4.15. The van der Waals surface area contributed by atoms with Crippen molar-refractivity contribution in [1.82, 2.24) is 14.9 Å². The normalized spacial score (nSPS) is 22.5. The van der Waals surface area contributed by atoms with E-state index >= 15 is 0 Å². The number of hydrogen-bond acceptors (Lipinski definition) is 3. The Kier molecular flexibility index (Phi) is 2.60. The van der Waals surface area contributed by atoms with Crippen molar-refractivity contribution in [3.05, 3.63) is 11.9 Å². The first-order valence-electron chi connectivity index (χ1n) is 4.62. The Morgan fingerprint density at radius 3 is 3.08 bits per heavy atom. The molecule has 1 aliphatic rings. The van der Waals surface area contributed by atoms with E-state index in [-0.39, 0.29) is 0 Å². The van der Waals surface area contributed by atoms with Gasteiger partial charge in [-0.1, -0.05) is 11.8 Å². The van der Waals surface area contributed by atoms with Crippen molar-refractivity contribution in [2.45, 2.75) is 24.0 Å². The van der Waals surface area contributed by atoms with Crippen LogP contribution in [0.3, 0.4) is 0 Å². The first kappa shape index (κ1) is 9.09. The van der Waals surface area contributed by atoms with Crippen LogP contribution in [0.15, 0.2) is 11.4 Å². The summed E-state index contributed by atoms with van der Waals surface area (Å²) in [6.07, 6.45) is 6.58. The van der Waals surface area contributed by atoms with Crippen LogP contribution in [0.25, 0.3) is 0 Å². The van der Waals surface area contributed by atoms with E-state index in [9.17, 15) is 0 Å². The summed E-state index contributed by atoms with van der Waals surface area (Å²) in [4.78, 5) is 4.36. The molecule has 3 nitrogen and oxygen atoms in total. The van der Waals surface area contributed by atoms with Gasteiger partial charge in [-0.2, -0.15) is 0 Å². The molecule has 1 saturated heterocycles. The van der Waals surface area contributed by atoms with Crippen LogP contribution in [0.5, 0.6) is 0 Å². The molecule has 1 aromatic heterocycles. The summed E-state index contributed by atoms with van der Waals surface area (Å²) in [7, 11) is 2.09. The summed E-state index contributed by atoms with van der Waals surface area (Å²) in [5.74, 6) is 0. The van der Waals surface area contributed by atoms with Gasteiger partial charge in [0.25, 0.3) is 0 Å². The molecule has 1 aromatic rings. The average Bonchev–Trinajstić information content (AvgIpc) is 2.72. The Morgan fingerprint density at radius 1 is 1.69 bits per heavy atom. The fraction of sp³-hybridized carbons (Fsp3) is 0.667. The molecule has 1 fully saturated rings. The maximum absolute atomic E-state index is 4.36. The number of nitrogens with one attached hydrogen (secondary N) is 1. The first-order valence-corrected chi connectivity index (χ1v) is 5.84. The highest BCUT2D eigenvalue weighted by molar-refractivity contribution is 7.98. The van der Waals surface area contributed by atoms with Crippen molar-refractivity contribution in [2.24, 2.45) is 7.05 Å². The van der Waals surface area contributed by atoms with E-state index < -0.39 is 0 Å². The zero-order chi connectivity index (χ0) is 9.26. The molecule has 0 radical (unpaired) electrons. The Hall–Kier alpha value is -0.480. The third-order valence-corrected chi connectivity index (χ3v) is 3.33. The van der Waals surface area contributed by atoms with Gasteiger partial charge < -0.3 is 9.88 Å². The Balaban J connectivity index is 2.24. The molecular formula is C9H15N3S.